The molecule has 0 saturated carbocycles. The molecule has 8 nitrogen and oxygen atoms in total. The van der Waals surface area contributed by atoms with E-state index in [4.69, 9.17) is 9.47 Å². The number of nitrogens with one attached hydrogen (secondary N) is 1. The fourth-order valence-corrected chi connectivity index (χ4v) is 3.36. The molecular weight excluding hydrogens is 502 g/mol. The summed E-state index contributed by atoms with van der Waals surface area (Å²) in [6.45, 7) is 2.40. The smallest absolute Gasteiger partial charge is 0.269 e. The molecule has 3 rings (SSSR count). The highest BCUT2D eigenvalue weighted by atomic mass is 79.9. The molecule has 0 fully saturated rings. The Kier molecular flexibility index (Phi) is 8.37. The van der Waals surface area contributed by atoms with Crippen LogP contribution in [0.15, 0.2) is 76.8 Å². The standard InChI is InChI=1S/C25H20BrN3O5/c1-2-33-24-13-18(12-19(15-27)25(30)28-21-5-3-4-20(26)14-21)8-11-23(24)34-16-17-6-9-22(10-7-17)29(31)32/h3-14H,2,16H2,1H3,(H,28,30)/b19-12-. The van der Waals surface area contributed by atoms with Crippen LogP contribution in [0.3, 0.4) is 0 Å². The van der Waals surface area contributed by atoms with E-state index in [1.807, 2.05) is 19.1 Å². The molecule has 3 aromatic carbocycles. The first-order chi connectivity index (χ1) is 16.4. The molecule has 0 heterocycles. The Morgan fingerprint density at radius 2 is 1.88 bits per heavy atom. The second-order valence-corrected chi connectivity index (χ2v) is 7.90. The highest BCUT2D eigenvalue weighted by Gasteiger charge is 2.12. The summed E-state index contributed by atoms with van der Waals surface area (Å²) in [5, 5.41) is 23.0. The lowest BCUT2D eigenvalue weighted by Crippen LogP contribution is -2.13. The SMILES string of the molecule is CCOc1cc(/C=C(/C#N)C(=O)Nc2cccc(Br)c2)ccc1OCc1ccc([N+](=O)[O-])cc1. The molecule has 0 spiro atoms. The monoisotopic (exact) mass is 521 g/mol. The van der Waals surface area contributed by atoms with Gasteiger partial charge in [0.15, 0.2) is 11.5 Å². The number of carbonyl (C=O) groups excluding carboxylic acids is 1. The van der Waals surface area contributed by atoms with Crippen molar-refractivity contribution in [3.8, 4) is 17.6 Å². The van der Waals surface area contributed by atoms with Gasteiger partial charge in [-0.2, -0.15) is 5.26 Å². The Labute approximate surface area is 204 Å². The van der Waals surface area contributed by atoms with Crippen molar-refractivity contribution in [2.45, 2.75) is 13.5 Å². The first kappa shape index (κ1) is 24.5. The maximum absolute atomic E-state index is 12.5. The normalized spacial score (nSPS) is 10.8. The van der Waals surface area contributed by atoms with Crippen LogP contribution in [0.2, 0.25) is 0 Å². The molecule has 0 aliphatic heterocycles. The molecule has 1 N–H and O–H groups in total. The van der Waals surface area contributed by atoms with Crippen LogP contribution in [0.1, 0.15) is 18.1 Å². The third-order valence-electron chi connectivity index (χ3n) is 4.57. The van der Waals surface area contributed by atoms with E-state index in [-0.39, 0.29) is 17.9 Å². The number of nitrogens with zero attached hydrogens (tertiary/aromatic N) is 2. The number of rotatable bonds is 9. The van der Waals surface area contributed by atoms with Crippen molar-refractivity contribution in [1.82, 2.24) is 0 Å². The highest BCUT2D eigenvalue weighted by molar-refractivity contribution is 9.10. The minimum atomic E-state index is -0.531. The van der Waals surface area contributed by atoms with Gasteiger partial charge in [-0.15, -0.1) is 0 Å². The van der Waals surface area contributed by atoms with Gasteiger partial charge < -0.3 is 14.8 Å². The molecule has 0 atom stereocenters. The summed E-state index contributed by atoms with van der Waals surface area (Å²) in [6, 6.07) is 20.1. The van der Waals surface area contributed by atoms with Crippen molar-refractivity contribution in [2.24, 2.45) is 0 Å². The molecule has 0 aliphatic carbocycles. The summed E-state index contributed by atoms with van der Waals surface area (Å²) in [6.07, 6.45) is 1.47. The van der Waals surface area contributed by atoms with E-state index in [0.717, 1.165) is 10.0 Å². The molecular formula is C25H20BrN3O5. The van der Waals surface area contributed by atoms with Crippen molar-refractivity contribution in [3.05, 3.63) is 98.0 Å². The molecule has 9 heteroatoms. The lowest BCUT2D eigenvalue weighted by Gasteiger charge is -2.13. The van der Waals surface area contributed by atoms with E-state index in [2.05, 4.69) is 21.2 Å². The number of hydrogen-bond donors (Lipinski definition) is 1. The van der Waals surface area contributed by atoms with Gasteiger partial charge in [0.1, 0.15) is 18.2 Å². The molecule has 172 valence electrons. The largest absolute Gasteiger partial charge is 0.490 e. The van der Waals surface area contributed by atoms with Crippen LogP contribution in [-0.2, 0) is 11.4 Å². The van der Waals surface area contributed by atoms with Gasteiger partial charge in [0, 0.05) is 22.3 Å². The fourth-order valence-electron chi connectivity index (χ4n) is 2.96. The lowest BCUT2D eigenvalue weighted by atomic mass is 10.1. The molecule has 0 radical (unpaired) electrons. The molecule has 0 unspecified atom stereocenters. The first-order valence-electron chi connectivity index (χ1n) is 10.2. The second-order valence-electron chi connectivity index (χ2n) is 6.99. The Morgan fingerprint density at radius 3 is 2.53 bits per heavy atom. The van der Waals surface area contributed by atoms with E-state index in [9.17, 15) is 20.2 Å². The lowest BCUT2D eigenvalue weighted by molar-refractivity contribution is -0.384. The van der Waals surface area contributed by atoms with Crippen LogP contribution in [0, 0.1) is 21.4 Å². The Bertz CT molecular complexity index is 1270. The van der Waals surface area contributed by atoms with Crippen LogP contribution in [0.25, 0.3) is 6.08 Å². The number of halogens is 1. The van der Waals surface area contributed by atoms with Crippen molar-refractivity contribution in [3.63, 3.8) is 0 Å². The zero-order chi connectivity index (χ0) is 24.5. The maximum Gasteiger partial charge on any atom is 0.269 e. The number of nitro benzene ring substituents is 1. The quantitative estimate of drug-likeness (QED) is 0.162. The summed E-state index contributed by atoms with van der Waals surface area (Å²) in [5.74, 6) is 0.384. The van der Waals surface area contributed by atoms with E-state index < -0.39 is 10.8 Å². The van der Waals surface area contributed by atoms with Crippen molar-refractivity contribution in [2.75, 3.05) is 11.9 Å². The van der Waals surface area contributed by atoms with Crippen molar-refractivity contribution < 1.29 is 19.2 Å². The van der Waals surface area contributed by atoms with Crippen LogP contribution in [0.4, 0.5) is 11.4 Å². The van der Waals surface area contributed by atoms with Gasteiger partial charge in [-0.25, -0.2) is 0 Å². The predicted molar refractivity (Wildman–Crippen MR) is 131 cm³/mol. The number of hydrogen-bond acceptors (Lipinski definition) is 6. The molecule has 1 amide bonds. The Balaban J connectivity index is 1.76. The molecule has 34 heavy (non-hydrogen) atoms. The number of carbonyl (C=O) groups is 1. The van der Waals surface area contributed by atoms with Gasteiger partial charge in [0.25, 0.3) is 11.6 Å². The van der Waals surface area contributed by atoms with E-state index >= 15 is 0 Å². The minimum Gasteiger partial charge on any atom is -0.490 e. The number of benzene rings is 3. The second kappa shape index (κ2) is 11.6. The molecule has 0 bridgehead atoms. The summed E-state index contributed by atoms with van der Waals surface area (Å²) < 4.78 is 12.3. The van der Waals surface area contributed by atoms with Crippen molar-refractivity contribution >= 4 is 39.3 Å². The molecule has 0 aliphatic rings. The minimum absolute atomic E-state index is 0.00660. The topological polar surface area (TPSA) is 114 Å². The van der Waals surface area contributed by atoms with Crippen LogP contribution >= 0.6 is 15.9 Å². The predicted octanol–water partition coefficient (Wildman–Crippen LogP) is 5.88. The molecule has 0 saturated heterocycles. The first-order valence-corrected chi connectivity index (χ1v) is 11.0. The van der Waals surface area contributed by atoms with E-state index in [0.29, 0.717) is 29.4 Å². The van der Waals surface area contributed by atoms with Crippen molar-refractivity contribution in [1.29, 1.82) is 5.26 Å². The summed E-state index contributed by atoms with van der Waals surface area (Å²) in [7, 11) is 0. The average Bonchev–Trinajstić information content (AvgIpc) is 2.82. The number of amides is 1. The highest BCUT2D eigenvalue weighted by Crippen LogP contribution is 2.30. The van der Waals surface area contributed by atoms with Gasteiger partial charge >= 0.3 is 0 Å². The molecule has 0 aromatic heterocycles. The zero-order valence-corrected chi connectivity index (χ0v) is 19.7. The third kappa shape index (κ3) is 6.67. The number of anilines is 1. The van der Waals surface area contributed by atoms with Crippen LogP contribution < -0.4 is 14.8 Å². The van der Waals surface area contributed by atoms with Gasteiger partial charge in [-0.1, -0.05) is 28.1 Å². The third-order valence-corrected chi connectivity index (χ3v) is 5.06. The molecule has 3 aromatic rings. The number of nitriles is 1. The maximum atomic E-state index is 12.5. The fraction of sp³-hybridized carbons (Fsp3) is 0.120. The van der Waals surface area contributed by atoms with E-state index in [1.165, 1.54) is 18.2 Å². The van der Waals surface area contributed by atoms with Crippen LogP contribution in [0.5, 0.6) is 11.5 Å². The average molecular weight is 522 g/mol. The number of ether oxygens (including phenoxy) is 2. The van der Waals surface area contributed by atoms with E-state index in [1.54, 1.807) is 48.5 Å². The Morgan fingerprint density at radius 1 is 1.12 bits per heavy atom. The number of non-ortho nitro benzene ring substituents is 1. The zero-order valence-electron chi connectivity index (χ0n) is 18.2. The van der Waals surface area contributed by atoms with Gasteiger partial charge in [-0.05, 0) is 66.6 Å². The van der Waals surface area contributed by atoms with Gasteiger partial charge in [-0.3, -0.25) is 14.9 Å². The number of nitro groups is 1. The van der Waals surface area contributed by atoms with Crippen LogP contribution in [-0.4, -0.2) is 17.4 Å². The summed E-state index contributed by atoms with van der Waals surface area (Å²) >= 11 is 3.34. The van der Waals surface area contributed by atoms with Gasteiger partial charge in [0.05, 0.1) is 11.5 Å². The summed E-state index contributed by atoms with van der Waals surface area (Å²) in [4.78, 5) is 22.9. The summed E-state index contributed by atoms with van der Waals surface area (Å²) in [5.41, 5.74) is 1.85. The Hall–Kier alpha value is -4.16. The van der Waals surface area contributed by atoms with Gasteiger partial charge in [0.2, 0.25) is 0 Å².